The van der Waals surface area contributed by atoms with Crippen molar-refractivity contribution in [2.75, 3.05) is 6.54 Å². The highest BCUT2D eigenvalue weighted by Crippen LogP contribution is 2.45. The van der Waals surface area contributed by atoms with Crippen LogP contribution in [0.25, 0.3) is 16.6 Å². The maximum atomic E-state index is 15.1. The van der Waals surface area contributed by atoms with E-state index >= 15 is 4.39 Å². The smallest absolute Gasteiger partial charge is 0.352 e. The summed E-state index contributed by atoms with van der Waals surface area (Å²) in [4.78, 5) is 1.28. The number of aryl methyl sites for hydroxylation is 1. The van der Waals surface area contributed by atoms with Crippen molar-refractivity contribution in [3.05, 3.63) is 53.0 Å². The number of benzene rings is 1. The molecule has 1 aliphatic carbocycles. The molecule has 2 aromatic rings. The van der Waals surface area contributed by atoms with E-state index in [1.54, 1.807) is 25.2 Å². The lowest BCUT2D eigenvalue weighted by molar-refractivity contribution is -0.209. The van der Waals surface area contributed by atoms with E-state index in [-0.39, 0.29) is 23.5 Å². The molecule has 1 aromatic carbocycles. The molecule has 3 nitrogen and oxygen atoms in total. The lowest BCUT2D eigenvalue weighted by atomic mass is 9.97. The molecule has 4 rings (SSSR count). The molecule has 0 N–H and O–H groups in total. The van der Waals surface area contributed by atoms with Gasteiger partial charge < -0.3 is 9.47 Å². The molecule has 2 heterocycles. The second-order valence-corrected chi connectivity index (χ2v) is 8.93. The molecule has 0 saturated heterocycles. The summed E-state index contributed by atoms with van der Waals surface area (Å²) < 4.78 is 59.0. The first kappa shape index (κ1) is 21.5. The molecule has 164 valence electrons. The van der Waals surface area contributed by atoms with E-state index in [1.165, 1.54) is 11.0 Å². The number of aromatic nitrogens is 1. The zero-order chi connectivity index (χ0) is 22.6. The fourth-order valence-corrected chi connectivity index (χ4v) is 4.83. The lowest BCUT2D eigenvalue weighted by Gasteiger charge is -2.43. The predicted octanol–water partition coefficient (Wildman–Crippen LogP) is 6.63. The van der Waals surface area contributed by atoms with Gasteiger partial charge >= 0.3 is 6.18 Å². The van der Waals surface area contributed by atoms with E-state index in [0.29, 0.717) is 22.5 Å². The van der Waals surface area contributed by atoms with Crippen molar-refractivity contribution in [3.8, 4) is 6.07 Å². The highest BCUT2D eigenvalue weighted by Gasteiger charge is 2.52. The van der Waals surface area contributed by atoms with Crippen LogP contribution in [-0.2, 0) is 0 Å². The van der Waals surface area contributed by atoms with Gasteiger partial charge in [-0.1, -0.05) is 25.0 Å². The Kier molecular flexibility index (Phi) is 5.15. The number of alkyl halides is 3. The van der Waals surface area contributed by atoms with Crippen LogP contribution >= 0.6 is 0 Å². The van der Waals surface area contributed by atoms with Gasteiger partial charge in [-0.2, -0.15) is 18.4 Å². The van der Waals surface area contributed by atoms with E-state index in [2.05, 4.69) is 6.07 Å². The van der Waals surface area contributed by atoms with Gasteiger partial charge in [0, 0.05) is 12.6 Å². The third-order valence-electron chi connectivity index (χ3n) is 6.58. The summed E-state index contributed by atoms with van der Waals surface area (Å²) in [6, 6.07) is 5.34. The van der Waals surface area contributed by atoms with Gasteiger partial charge in [-0.25, -0.2) is 4.39 Å². The fraction of sp³-hybridized carbons (Fsp3) is 0.458. The summed E-state index contributed by atoms with van der Waals surface area (Å²) in [5.74, 6) is -0.516. The van der Waals surface area contributed by atoms with Crippen LogP contribution in [-0.4, -0.2) is 27.7 Å². The van der Waals surface area contributed by atoms with Gasteiger partial charge in [0.15, 0.2) is 0 Å². The van der Waals surface area contributed by atoms with E-state index in [1.807, 2.05) is 10.6 Å². The fourth-order valence-electron chi connectivity index (χ4n) is 4.83. The van der Waals surface area contributed by atoms with Crippen LogP contribution in [0.3, 0.4) is 0 Å². The molecule has 7 heteroatoms. The first-order valence-corrected chi connectivity index (χ1v) is 10.5. The molecule has 0 spiro atoms. The summed E-state index contributed by atoms with van der Waals surface area (Å²) in [5.41, 5.74) is -0.0816. The van der Waals surface area contributed by atoms with Gasteiger partial charge in [0.2, 0.25) is 0 Å². The Hall–Kier alpha value is -2.75. The van der Waals surface area contributed by atoms with Crippen LogP contribution in [0.1, 0.15) is 62.4 Å². The zero-order valence-corrected chi connectivity index (χ0v) is 17.9. The van der Waals surface area contributed by atoms with Gasteiger partial charge in [0.1, 0.15) is 17.4 Å². The molecule has 0 radical (unpaired) electrons. The first-order chi connectivity index (χ1) is 14.6. The molecule has 31 heavy (non-hydrogen) atoms. The number of rotatable bonds is 3. The van der Waals surface area contributed by atoms with Gasteiger partial charge in [-0.05, 0) is 57.4 Å². The van der Waals surface area contributed by atoms with Gasteiger partial charge in [0.05, 0.1) is 27.9 Å². The molecule has 0 amide bonds. The molecule has 0 bridgehead atoms. The van der Waals surface area contributed by atoms with E-state index in [0.717, 1.165) is 39.5 Å². The first-order valence-electron chi connectivity index (χ1n) is 10.5. The number of hydrogen-bond acceptors (Lipinski definition) is 2. The van der Waals surface area contributed by atoms with Crippen molar-refractivity contribution in [1.82, 2.24) is 9.47 Å². The van der Waals surface area contributed by atoms with Crippen LogP contribution in [0, 0.1) is 24.1 Å². The third-order valence-corrected chi connectivity index (χ3v) is 6.58. The van der Waals surface area contributed by atoms with Crippen molar-refractivity contribution in [1.29, 1.82) is 5.26 Å². The minimum Gasteiger partial charge on any atom is -0.352 e. The Morgan fingerprint density at radius 3 is 2.42 bits per heavy atom. The highest BCUT2D eigenvalue weighted by molar-refractivity contribution is 5.94. The number of fused-ring (bicyclic) bond motifs is 1. The van der Waals surface area contributed by atoms with Crippen molar-refractivity contribution in [2.45, 2.75) is 64.2 Å². The van der Waals surface area contributed by atoms with E-state index < -0.39 is 17.5 Å². The predicted molar refractivity (Wildman–Crippen MR) is 113 cm³/mol. The quantitative estimate of drug-likeness (QED) is 0.511. The summed E-state index contributed by atoms with van der Waals surface area (Å²) in [7, 11) is 0. The molecule has 1 fully saturated rings. The Morgan fingerprint density at radius 2 is 1.81 bits per heavy atom. The number of nitriles is 1. The minimum absolute atomic E-state index is 0.0171. The normalized spacial score (nSPS) is 18.0. The number of allylic oxidation sites excluding steroid dienone is 2. The van der Waals surface area contributed by atoms with Crippen LogP contribution in [0.4, 0.5) is 17.6 Å². The highest BCUT2D eigenvalue weighted by atomic mass is 19.4. The molecular weight excluding hydrogens is 406 g/mol. The molecular formula is C24H25F4N3. The van der Waals surface area contributed by atoms with Gasteiger partial charge in [-0.3, -0.25) is 0 Å². The summed E-state index contributed by atoms with van der Waals surface area (Å²) in [5, 5.41) is 10.2. The monoisotopic (exact) mass is 431 g/mol. The maximum absolute atomic E-state index is 15.1. The second kappa shape index (κ2) is 7.44. The van der Waals surface area contributed by atoms with E-state index in [4.69, 9.17) is 0 Å². The van der Waals surface area contributed by atoms with Gasteiger partial charge in [-0.15, -0.1) is 0 Å². The largest absolute Gasteiger partial charge is 0.411 e. The topological polar surface area (TPSA) is 32.0 Å². The Labute approximate surface area is 179 Å². The third kappa shape index (κ3) is 3.33. The summed E-state index contributed by atoms with van der Waals surface area (Å²) in [6.45, 7) is 4.11. The van der Waals surface area contributed by atoms with Crippen LogP contribution in [0.2, 0.25) is 0 Å². The molecule has 1 aliphatic heterocycles. The van der Waals surface area contributed by atoms with Crippen molar-refractivity contribution in [3.63, 3.8) is 0 Å². The maximum Gasteiger partial charge on any atom is 0.411 e. The summed E-state index contributed by atoms with van der Waals surface area (Å²) in [6.07, 6.45) is 4.19. The molecule has 1 saturated carbocycles. The van der Waals surface area contributed by atoms with Crippen LogP contribution < -0.4 is 0 Å². The Bertz CT molecular complexity index is 1120. The Morgan fingerprint density at radius 1 is 1.13 bits per heavy atom. The lowest BCUT2D eigenvalue weighted by Crippen LogP contribution is -2.54. The van der Waals surface area contributed by atoms with Gasteiger partial charge in [0.25, 0.3) is 0 Å². The second-order valence-electron chi connectivity index (χ2n) is 8.93. The minimum atomic E-state index is -4.49. The average Bonchev–Trinajstić information content (AvgIpc) is 3.32. The molecule has 0 atom stereocenters. The number of hydrogen-bond donors (Lipinski definition) is 0. The van der Waals surface area contributed by atoms with Crippen molar-refractivity contribution >= 4 is 16.6 Å². The zero-order valence-electron chi connectivity index (χ0n) is 17.9. The number of nitrogens with zero attached hydrogens (tertiary/aromatic N) is 3. The standard InChI is InChI=1S/C24H25F4N3/c1-15-12-18(25)21-17(14-29)22(31(20(21)13-15)16-8-4-5-9-16)19-10-6-7-11-30(19)23(2,3)24(26,27)28/h6-7,10,12-13,16H,4-5,8-9,11H2,1-3H3. The van der Waals surface area contributed by atoms with Crippen molar-refractivity contribution < 1.29 is 17.6 Å². The van der Waals surface area contributed by atoms with Crippen molar-refractivity contribution in [2.24, 2.45) is 0 Å². The molecule has 1 aromatic heterocycles. The molecule has 0 unspecified atom stereocenters. The van der Waals surface area contributed by atoms with E-state index in [9.17, 15) is 18.4 Å². The SMILES string of the molecule is Cc1cc(F)c2c(C#N)c(C3=CC=CCN3C(C)(C)C(F)(F)F)n(C3CCCC3)c2c1. The van der Waals surface area contributed by atoms with Crippen LogP contribution in [0.15, 0.2) is 30.4 Å². The average molecular weight is 431 g/mol. The van der Waals surface area contributed by atoms with Crippen LogP contribution in [0.5, 0.6) is 0 Å². The Balaban J connectivity index is 2.06. The molecule has 2 aliphatic rings. The summed E-state index contributed by atoms with van der Waals surface area (Å²) >= 11 is 0. The number of halogens is 4.